The minimum absolute atomic E-state index is 0. The Kier molecular flexibility index (Phi) is 6.83. The second kappa shape index (κ2) is 7.60. The summed E-state index contributed by atoms with van der Waals surface area (Å²) in [5, 5.41) is 0. The second-order valence-corrected chi connectivity index (χ2v) is 6.05. The molecular weight excluding hydrogens is 232 g/mol. The highest BCUT2D eigenvalue weighted by molar-refractivity contribution is 5.85. The summed E-state index contributed by atoms with van der Waals surface area (Å²) in [5.41, 5.74) is 6.07. The van der Waals surface area contributed by atoms with E-state index < -0.39 is 0 Å². The Bertz CT molecular complexity index is 202. The molecule has 2 fully saturated rings. The molecule has 0 spiro atoms. The Morgan fingerprint density at radius 2 is 1.71 bits per heavy atom. The Labute approximate surface area is 113 Å². The molecule has 0 aromatic carbocycles. The van der Waals surface area contributed by atoms with E-state index in [1.807, 2.05) is 0 Å². The molecule has 2 nitrogen and oxygen atoms in total. The van der Waals surface area contributed by atoms with Gasteiger partial charge in [0.15, 0.2) is 0 Å². The predicted octanol–water partition coefficient (Wildman–Crippen LogP) is 3.05. The molecule has 1 aliphatic heterocycles. The van der Waals surface area contributed by atoms with Crippen LogP contribution < -0.4 is 5.73 Å². The number of nitrogens with two attached hydrogens (primary N) is 1. The number of hydrogen-bond donors (Lipinski definition) is 1. The van der Waals surface area contributed by atoms with Crippen molar-refractivity contribution in [3.63, 3.8) is 0 Å². The number of halogens is 1. The van der Waals surface area contributed by atoms with Crippen molar-refractivity contribution in [2.24, 2.45) is 17.6 Å². The van der Waals surface area contributed by atoms with Gasteiger partial charge >= 0.3 is 0 Å². The fourth-order valence-electron chi connectivity index (χ4n) is 3.33. The van der Waals surface area contributed by atoms with E-state index in [-0.39, 0.29) is 12.4 Å². The van der Waals surface area contributed by atoms with Gasteiger partial charge in [0.05, 0.1) is 0 Å². The Hall–Kier alpha value is 0.210. The van der Waals surface area contributed by atoms with E-state index in [1.54, 1.807) is 0 Å². The highest BCUT2D eigenvalue weighted by Gasteiger charge is 2.25. The molecule has 1 heterocycles. The molecule has 0 amide bonds. The van der Waals surface area contributed by atoms with Crippen molar-refractivity contribution in [3.05, 3.63) is 0 Å². The van der Waals surface area contributed by atoms with Gasteiger partial charge in [-0.05, 0) is 37.6 Å². The first-order valence-electron chi connectivity index (χ1n) is 7.23. The molecule has 1 aliphatic carbocycles. The number of hydrogen-bond acceptors (Lipinski definition) is 2. The van der Waals surface area contributed by atoms with Crippen LogP contribution >= 0.6 is 12.4 Å². The molecular formula is C14H29ClN2. The molecule has 2 aliphatic rings. The third-order valence-corrected chi connectivity index (χ3v) is 4.55. The molecule has 0 aromatic rings. The maximum Gasteiger partial charge on any atom is 0.00889 e. The molecule has 2 atom stereocenters. The fourth-order valence-corrected chi connectivity index (χ4v) is 3.33. The lowest BCUT2D eigenvalue weighted by atomic mass is 9.92. The van der Waals surface area contributed by atoms with Gasteiger partial charge in [0.25, 0.3) is 0 Å². The number of piperidine rings is 1. The van der Waals surface area contributed by atoms with Crippen molar-refractivity contribution in [2.45, 2.75) is 57.9 Å². The van der Waals surface area contributed by atoms with Gasteiger partial charge in [-0.15, -0.1) is 12.4 Å². The van der Waals surface area contributed by atoms with Crippen LogP contribution in [0.1, 0.15) is 51.9 Å². The van der Waals surface area contributed by atoms with Gasteiger partial charge in [-0.1, -0.05) is 32.6 Å². The van der Waals surface area contributed by atoms with E-state index >= 15 is 0 Å². The van der Waals surface area contributed by atoms with Gasteiger partial charge < -0.3 is 10.6 Å². The maximum atomic E-state index is 6.07. The van der Waals surface area contributed by atoms with Crippen molar-refractivity contribution in [1.82, 2.24) is 4.90 Å². The highest BCUT2D eigenvalue weighted by atomic mass is 35.5. The lowest BCUT2D eigenvalue weighted by molar-refractivity contribution is 0.138. The minimum Gasteiger partial charge on any atom is -0.327 e. The fraction of sp³-hybridized carbons (Fsp3) is 1.00. The molecule has 102 valence electrons. The van der Waals surface area contributed by atoms with Crippen molar-refractivity contribution in [2.75, 3.05) is 19.6 Å². The van der Waals surface area contributed by atoms with Gasteiger partial charge in [-0.3, -0.25) is 0 Å². The quantitative estimate of drug-likeness (QED) is 0.774. The summed E-state index contributed by atoms with van der Waals surface area (Å²) >= 11 is 0. The van der Waals surface area contributed by atoms with Crippen molar-refractivity contribution in [3.8, 4) is 0 Å². The van der Waals surface area contributed by atoms with Crippen LogP contribution in [-0.2, 0) is 0 Å². The first-order chi connectivity index (χ1) is 7.75. The van der Waals surface area contributed by atoms with E-state index in [0.29, 0.717) is 12.0 Å². The molecule has 1 saturated carbocycles. The monoisotopic (exact) mass is 260 g/mol. The normalized spacial score (nSPS) is 32.8. The van der Waals surface area contributed by atoms with E-state index in [4.69, 9.17) is 5.73 Å². The predicted molar refractivity (Wildman–Crippen MR) is 76.6 cm³/mol. The maximum absolute atomic E-state index is 6.07. The first kappa shape index (κ1) is 15.3. The SMILES string of the molecule is CC1CN(CC2CCCCCC2)CCC1N.Cl. The summed E-state index contributed by atoms with van der Waals surface area (Å²) in [7, 11) is 0. The number of nitrogens with zero attached hydrogens (tertiary/aromatic N) is 1. The van der Waals surface area contributed by atoms with Crippen LogP contribution in [0.5, 0.6) is 0 Å². The van der Waals surface area contributed by atoms with Crippen LogP contribution in [0, 0.1) is 11.8 Å². The van der Waals surface area contributed by atoms with Crippen LogP contribution in [-0.4, -0.2) is 30.6 Å². The van der Waals surface area contributed by atoms with E-state index in [0.717, 1.165) is 5.92 Å². The van der Waals surface area contributed by atoms with Crippen LogP contribution in [0.4, 0.5) is 0 Å². The third-order valence-electron chi connectivity index (χ3n) is 4.55. The van der Waals surface area contributed by atoms with Crippen LogP contribution in [0.25, 0.3) is 0 Å². The molecule has 17 heavy (non-hydrogen) atoms. The van der Waals surface area contributed by atoms with Gasteiger partial charge in [0, 0.05) is 19.1 Å². The Balaban J connectivity index is 0.00000144. The minimum atomic E-state index is 0. The lowest BCUT2D eigenvalue weighted by Crippen LogP contribution is -2.47. The van der Waals surface area contributed by atoms with Crippen LogP contribution in [0.3, 0.4) is 0 Å². The molecule has 3 heteroatoms. The first-order valence-corrected chi connectivity index (χ1v) is 7.23. The van der Waals surface area contributed by atoms with Crippen molar-refractivity contribution in [1.29, 1.82) is 0 Å². The van der Waals surface area contributed by atoms with Crippen LogP contribution in [0.15, 0.2) is 0 Å². The summed E-state index contributed by atoms with van der Waals surface area (Å²) in [4.78, 5) is 2.67. The van der Waals surface area contributed by atoms with E-state index in [2.05, 4.69) is 11.8 Å². The van der Waals surface area contributed by atoms with Gasteiger partial charge in [-0.2, -0.15) is 0 Å². The highest BCUT2D eigenvalue weighted by Crippen LogP contribution is 2.25. The molecule has 1 saturated heterocycles. The van der Waals surface area contributed by atoms with E-state index in [1.165, 1.54) is 64.6 Å². The Morgan fingerprint density at radius 1 is 1.06 bits per heavy atom. The Morgan fingerprint density at radius 3 is 2.29 bits per heavy atom. The number of rotatable bonds is 2. The second-order valence-electron chi connectivity index (χ2n) is 6.05. The van der Waals surface area contributed by atoms with E-state index in [9.17, 15) is 0 Å². The molecule has 2 rings (SSSR count). The van der Waals surface area contributed by atoms with Crippen LogP contribution in [0.2, 0.25) is 0 Å². The van der Waals surface area contributed by atoms with Gasteiger partial charge in [0.2, 0.25) is 0 Å². The summed E-state index contributed by atoms with van der Waals surface area (Å²) < 4.78 is 0. The standard InChI is InChI=1S/C14H28N2.ClH/c1-12-10-16(9-8-14(12)15)11-13-6-4-2-3-5-7-13;/h12-14H,2-11,15H2,1H3;1H. The zero-order valence-corrected chi connectivity index (χ0v) is 12.1. The summed E-state index contributed by atoms with van der Waals surface area (Å²) in [6, 6.07) is 0.449. The third kappa shape index (κ3) is 4.76. The van der Waals surface area contributed by atoms with Crippen molar-refractivity contribution < 1.29 is 0 Å². The number of likely N-dealkylation sites (tertiary alicyclic amines) is 1. The summed E-state index contributed by atoms with van der Waals surface area (Å²) in [6.45, 7) is 6.13. The van der Waals surface area contributed by atoms with Crippen molar-refractivity contribution >= 4 is 12.4 Å². The molecule has 0 aromatic heterocycles. The lowest BCUT2D eigenvalue weighted by Gasteiger charge is -2.36. The van der Waals surface area contributed by atoms with Gasteiger partial charge in [0.1, 0.15) is 0 Å². The largest absolute Gasteiger partial charge is 0.327 e. The average molecular weight is 261 g/mol. The molecule has 2 N–H and O–H groups in total. The molecule has 0 radical (unpaired) electrons. The zero-order chi connectivity index (χ0) is 11.4. The molecule has 2 unspecified atom stereocenters. The van der Waals surface area contributed by atoms with Gasteiger partial charge in [-0.25, -0.2) is 0 Å². The summed E-state index contributed by atoms with van der Waals surface area (Å²) in [5.74, 6) is 1.67. The average Bonchev–Trinajstić information content (AvgIpc) is 2.52. The molecule has 0 bridgehead atoms. The topological polar surface area (TPSA) is 29.3 Å². The smallest absolute Gasteiger partial charge is 0.00889 e. The zero-order valence-electron chi connectivity index (χ0n) is 11.2. The summed E-state index contributed by atoms with van der Waals surface area (Å²) in [6.07, 6.45) is 10.0.